The van der Waals surface area contributed by atoms with Crippen molar-refractivity contribution in [3.8, 4) is 5.75 Å². The second-order valence-corrected chi connectivity index (χ2v) is 4.14. The highest BCUT2D eigenvalue weighted by Crippen LogP contribution is 2.10. The lowest BCUT2D eigenvalue weighted by Gasteiger charge is -2.16. The minimum atomic E-state index is -0.118. The summed E-state index contributed by atoms with van der Waals surface area (Å²) in [6.07, 6.45) is 4.75. The third-order valence-corrected chi connectivity index (χ3v) is 2.54. The summed E-state index contributed by atoms with van der Waals surface area (Å²) in [5.74, 6) is 0.792. The molecule has 0 bridgehead atoms. The number of rotatable bonds is 4. The number of amides is 1. The molecule has 5 heteroatoms. The normalized spacial score (nSPS) is 10.0. The van der Waals surface area contributed by atoms with E-state index in [1.807, 2.05) is 6.26 Å². The smallest absolute Gasteiger partial charge is 0.255 e. The minimum Gasteiger partial charge on any atom is -0.506 e. The van der Waals surface area contributed by atoms with E-state index in [9.17, 15) is 9.90 Å². The van der Waals surface area contributed by atoms with Crippen molar-refractivity contribution in [2.75, 3.05) is 25.6 Å². The minimum absolute atomic E-state index is 0.0131. The van der Waals surface area contributed by atoms with Gasteiger partial charge in [-0.1, -0.05) is 0 Å². The van der Waals surface area contributed by atoms with Crippen LogP contribution in [0.1, 0.15) is 10.4 Å². The second kappa shape index (κ2) is 5.60. The van der Waals surface area contributed by atoms with Gasteiger partial charge >= 0.3 is 0 Å². The summed E-state index contributed by atoms with van der Waals surface area (Å²) in [6, 6.07) is 1.42. The summed E-state index contributed by atoms with van der Waals surface area (Å²) in [7, 11) is 1.74. The molecule has 1 heterocycles. The molecule has 1 rings (SSSR count). The average Bonchev–Trinajstić information content (AvgIpc) is 2.24. The number of aromatic nitrogens is 1. The van der Waals surface area contributed by atoms with Crippen molar-refractivity contribution in [1.82, 2.24) is 9.88 Å². The van der Waals surface area contributed by atoms with E-state index in [2.05, 4.69) is 4.98 Å². The molecule has 0 radical (unpaired) electrons. The van der Waals surface area contributed by atoms with E-state index in [-0.39, 0.29) is 11.7 Å². The predicted molar refractivity (Wildman–Crippen MR) is 61.2 cm³/mol. The molecule has 0 aromatic carbocycles. The van der Waals surface area contributed by atoms with Crippen LogP contribution in [0.2, 0.25) is 0 Å². The van der Waals surface area contributed by atoms with Gasteiger partial charge in [0.05, 0.1) is 11.8 Å². The molecule has 1 aromatic rings. The van der Waals surface area contributed by atoms with E-state index in [1.165, 1.54) is 18.5 Å². The first kappa shape index (κ1) is 11.8. The Morgan fingerprint density at radius 1 is 1.60 bits per heavy atom. The number of hydrogen-bond donors (Lipinski definition) is 1. The van der Waals surface area contributed by atoms with E-state index >= 15 is 0 Å². The van der Waals surface area contributed by atoms with Gasteiger partial charge in [-0.2, -0.15) is 11.8 Å². The van der Waals surface area contributed by atoms with Gasteiger partial charge in [0, 0.05) is 25.5 Å². The Kier molecular flexibility index (Phi) is 4.42. The van der Waals surface area contributed by atoms with Crippen molar-refractivity contribution in [2.24, 2.45) is 0 Å². The fourth-order valence-corrected chi connectivity index (χ4v) is 1.55. The van der Waals surface area contributed by atoms with Gasteiger partial charge in [0.2, 0.25) is 0 Å². The van der Waals surface area contributed by atoms with Crippen LogP contribution in [-0.2, 0) is 0 Å². The standard InChI is InChI=1S/C10H14N2O2S/c1-12(3-4-15-2)10(14)8-5-9(13)7-11-6-8/h5-7,13H,3-4H2,1-2H3. The van der Waals surface area contributed by atoms with E-state index in [1.54, 1.807) is 23.7 Å². The lowest BCUT2D eigenvalue weighted by atomic mass is 10.2. The van der Waals surface area contributed by atoms with Crippen LogP contribution in [0.5, 0.6) is 5.75 Å². The molecular formula is C10H14N2O2S. The summed E-state index contributed by atoms with van der Waals surface area (Å²) in [5, 5.41) is 9.18. The van der Waals surface area contributed by atoms with Crippen molar-refractivity contribution in [2.45, 2.75) is 0 Å². The Morgan fingerprint density at radius 3 is 2.93 bits per heavy atom. The van der Waals surface area contributed by atoms with E-state index in [0.29, 0.717) is 12.1 Å². The van der Waals surface area contributed by atoms with Gasteiger partial charge in [-0.15, -0.1) is 0 Å². The maximum atomic E-state index is 11.8. The fraction of sp³-hybridized carbons (Fsp3) is 0.400. The predicted octanol–water partition coefficient (Wildman–Crippen LogP) is 1.22. The van der Waals surface area contributed by atoms with Crippen LogP contribution in [0, 0.1) is 0 Å². The van der Waals surface area contributed by atoms with Crippen LogP contribution in [-0.4, -0.2) is 46.5 Å². The first-order valence-corrected chi connectivity index (χ1v) is 5.93. The Morgan fingerprint density at radius 2 is 2.33 bits per heavy atom. The third-order valence-electron chi connectivity index (χ3n) is 1.95. The highest BCUT2D eigenvalue weighted by atomic mass is 32.2. The quantitative estimate of drug-likeness (QED) is 0.838. The van der Waals surface area contributed by atoms with Gasteiger partial charge < -0.3 is 10.0 Å². The van der Waals surface area contributed by atoms with Crippen molar-refractivity contribution in [3.05, 3.63) is 24.0 Å². The molecule has 4 nitrogen and oxygen atoms in total. The van der Waals surface area contributed by atoms with Gasteiger partial charge in [0.15, 0.2) is 0 Å². The lowest BCUT2D eigenvalue weighted by molar-refractivity contribution is 0.0803. The van der Waals surface area contributed by atoms with Gasteiger partial charge in [-0.25, -0.2) is 0 Å². The molecule has 0 atom stereocenters. The van der Waals surface area contributed by atoms with Crippen LogP contribution in [0.3, 0.4) is 0 Å². The zero-order valence-corrected chi connectivity index (χ0v) is 9.62. The van der Waals surface area contributed by atoms with Crippen LogP contribution < -0.4 is 0 Å². The molecule has 0 fully saturated rings. The number of hydrogen-bond acceptors (Lipinski definition) is 4. The SMILES string of the molecule is CSCCN(C)C(=O)c1cncc(O)c1. The van der Waals surface area contributed by atoms with Crippen molar-refractivity contribution < 1.29 is 9.90 Å². The molecule has 0 spiro atoms. The number of nitrogens with zero attached hydrogens (tertiary/aromatic N) is 2. The topological polar surface area (TPSA) is 53.4 Å². The molecule has 0 aliphatic heterocycles. The van der Waals surface area contributed by atoms with Crippen molar-refractivity contribution >= 4 is 17.7 Å². The molecule has 1 aromatic heterocycles. The molecule has 1 N–H and O–H groups in total. The number of carbonyl (C=O) groups is 1. The summed E-state index contributed by atoms with van der Waals surface area (Å²) >= 11 is 1.69. The van der Waals surface area contributed by atoms with Crippen LogP contribution in [0.4, 0.5) is 0 Å². The molecular weight excluding hydrogens is 212 g/mol. The van der Waals surface area contributed by atoms with E-state index in [0.717, 1.165) is 5.75 Å². The molecule has 0 saturated heterocycles. The number of thioether (sulfide) groups is 1. The molecule has 0 aliphatic rings. The fourth-order valence-electron chi connectivity index (χ4n) is 1.09. The monoisotopic (exact) mass is 226 g/mol. The first-order valence-electron chi connectivity index (χ1n) is 4.53. The Bertz CT molecular complexity index is 344. The van der Waals surface area contributed by atoms with E-state index < -0.39 is 0 Å². The molecule has 1 amide bonds. The molecule has 15 heavy (non-hydrogen) atoms. The maximum Gasteiger partial charge on any atom is 0.255 e. The second-order valence-electron chi connectivity index (χ2n) is 3.15. The molecule has 0 aliphatic carbocycles. The van der Waals surface area contributed by atoms with Crippen LogP contribution in [0.15, 0.2) is 18.5 Å². The van der Waals surface area contributed by atoms with E-state index in [4.69, 9.17) is 0 Å². The molecule has 0 saturated carbocycles. The number of aromatic hydroxyl groups is 1. The van der Waals surface area contributed by atoms with Crippen molar-refractivity contribution in [1.29, 1.82) is 0 Å². The number of carbonyl (C=O) groups excluding carboxylic acids is 1. The van der Waals surface area contributed by atoms with Crippen molar-refractivity contribution in [3.63, 3.8) is 0 Å². The molecule has 0 unspecified atom stereocenters. The Hall–Kier alpha value is -1.23. The molecule has 82 valence electrons. The van der Waals surface area contributed by atoms with Crippen LogP contribution in [0.25, 0.3) is 0 Å². The zero-order chi connectivity index (χ0) is 11.3. The third kappa shape index (κ3) is 3.43. The average molecular weight is 226 g/mol. The first-order chi connectivity index (χ1) is 7.15. The highest BCUT2D eigenvalue weighted by molar-refractivity contribution is 7.98. The highest BCUT2D eigenvalue weighted by Gasteiger charge is 2.11. The Labute approximate surface area is 93.3 Å². The zero-order valence-electron chi connectivity index (χ0n) is 8.80. The largest absolute Gasteiger partial charge is 0.506 e. The number of pyridine rings is 1. The summed E-state index contributed by atoms with van der Waals surface area (Å²) in [4.78, 5) is 17.2. The summed E-state index contributed by atoms with van der Waals surface area (Å²) in [6.45, 7) is 0.690. The Balaban J connectivity index is 2.67. The van der Waals surface area contributed by atoms with Gasteiger partial charge in [0.25, 0.3) is 5.91 Å². The summed E-state index contributed by atoms with van der Waals surface area (Å²) in [5.41, 5.74) is 0.415. The van der Waals surface area contributed by atoms with Gasteiger partial charge in [-0.05, 0) is 12.3 Å². The van der Waals surface area contributed by atoms with Gasteiger partial charge in [-0.3, -0.25) is 9.78 Å². The van der Waals surface area contributed by atoms with Gasteiger partial charge in [0.1, 0.15) is 5.75 Å². The summed E-state index contributed by atoms with van der Waals surface area (Å²) < 4.78 is 0. The van der Waals surface area contributed by atoms with Crippen LogP contribution >= 0.6 is 11.8 Å². The maximum absolute atomic E-state index is 11.8. The lowest BCUT2D eigenvalue weighted by Crippen LogP contribution is -2.28.